The molecule has 0 spiro atoms. The van der Waals surface area contributed by atoms with Crippen LogP contribution >= 0.6 is 0 Å². The summed E-state index contributed by atoms with van der Waals surface area (Å²) in [4.78, 5) is 24.4. The molecule has 2 N–H and O–H groups in total. The van der Waals surface area contributed by atoms with Gasteiger partial charge in [-0.05, 0) is 56.2 Å². The molecule has 2 aromatic carbocycles. The van der Waals surface area contributed by atoms with Crippen molar-refractivity contribution in [3.05, 3.63) is 83.0 Å². The van der Waals surface area contributed by atoms with E-state index >= 15 is 0 Å². The van der Waals surface area contributed by atoms with Crippen LogP contribution in [0.2, 0.25) is 0 Å². The van der Waals surface area contributed by atoms with Crippen LogP contribution in [0.25, 0.3) is 0 Å². The fourth-order valence-electron chi connectivity index (χ4n) is 3.36. The first-order valence-corrected chi connectivity index (χ1v) is 11.4. The molecule has 7 nitrogen and oxygen atoms in total. The number of carbonyl (C=O) groups is 2. The standard InChI is InChI=1S/C27H31F2NO6/c1-5-34-25(32)15-17(2)14-18(3)19(4)26(20-6-9-22(10-7-20)35-13-12-31)36-27(33)30-24-11-8-21(28)16-23(24)29/h6-11,14-16,19,26,31H,5,12-13H2,1-4H3,(H,30,33)/b17-15+,18-14+/t19-,26-/m1/s1. The van der Waals surface area contributed by atoms with Crippen LogP contribution < -0.4 is 10.1 Å². The molecular formula is C27H31F2NO6. The summed E-state index contributed by atoms with van der Waals surface area (Å²) in [6.45, 7) is 7.41. The van der Waals surface area contributed by atoms with E-state index in [4.69, 9.17) is 19.3 Å². The van der Waals surface area contributed by atoms with Crippen molar-refractivity contribution in [3.8, 4) is 5.75 Å². The number of nitrogens with one attached hydrogen (secondary N) is 1. The van der Waals surface area contributed by atoms with E-state index in [0.29, 0.717) is 23.0 Å². The maximum absolute atomic E-state index is 14.0. The number of esters is 1. The van der Waals surface area contributed by atoms with Gasteiger partial charge in [-0.3, -0.25) is 5.32 Å². The second kappa shape index (κ2) is 14.0. The molecule has 9 heteroatoms. The number of amides is 1. The summed E-state index contributed by atoms with van der Waals surface area (Å²) >= 11 is 0. The lowest BCUT2D eigenvalue weighted by atomic mass is 9.90. The van der Waals surface area contributed by atoms with Gasteiger partial charge in [0.25, 0.3) is 0 Å². The summed E-state index contributed by atoms with van der Waals surface area (Å²) in [5, 5.41) is 11.2. The maximum atomic E-state index is 14.0. The van der Waals surface area contributed by atoms with Gasteiger partial charge in [-0.25, -0.2) is 18.4 Å². The van der Waals surface area contributed by atoms with Gasteiger partial charge in [-0.1, -0.05) is 30.7 Å². The van der Waals surface area contributed by atoms with E-state index in [9.17, 15) is 18.4 Å². The lowest BCUT2D eigenvalue weighted by Crippen LogP contribution is -2.23. The average Bonchev–Trinajstić information content (AvgIpc) is 2.83. The van der Waals surface area contributed by atoms with Crippen LogP contribution in [0.5, 0.6) is 5.75 Å². The van der Waals surface area contributed by atoms with Gasteiger partial charge in [0.15, 0.2) is 0 Å². The van der Waals surface area contributed by atoms with Crippen molar-refractivity contribution >= 4 is 17.7 Å². The average molecular weight is 504 g/mol. The van der Waals surface area contributed by atoms with Gasteiger partial charge in [0.2, 0.25) is 0 Å². The number of halogens is 2. The van der Waals surface area contributed by atoms with Gasteiger partial charge >= 0.3 is 12.1 Å². The Labute approximate surface area is 209 Å². The Kier molecular flexibility index (Phi) is 11.1. The molecule has 0 heterocycles. The van der Waals surface area contributed by atoms with Crippen molar-refractivity contribution in [2.45, 2.75) is 33.8 Å². The SMILES string of the molecule is CCOC(=O)/C=C(C)/C=C(\C)[C@@H](C)[C@@H](OC(=O)Nc1ccc(F)cc1F)c1ccc(OCCO)cc1. The third kappa shape index (κ3) is 8.81. The highest BCUT2D eigenvalue weighted by molar-refractivity contribution is 5.85. The van der Waals surface area contributed by atoms with Gasteiger partial charge in [0.05, 0.1) is 18.9 Å². The fraction of sp³-hybridized carbons (Fsp3) is 0.333. The van der Waals surface area contributed by atoms with Gasteiger partial charge in [-0.15, -0.1) is 0 Å². The second-order valence-corrected chi connectivity index (χ2v) is 8.03. The molecule has 0 aliphatic carbocycles. The number of aliphatic hydroxyl groups is 1. The van der Waals surface area contributed by atoms with Gasteiger partial charge in [0, 0.05) is 18.1 Å². The molecule has 0 aliphatic rings. The van der Waals surface area contributed by atoms with Crippen molar-refractivity contribution in [2.24, 2.45) is 5.92 Å². The van der Waals surface area contributed by atoms with Crippen LogP contribution in [-0.4, -0.2) is 37.0 Å². The summed E-state index contributed by atoms with van der Waals surface area (Å²) in [7, 11) is 0. The molecule has 0 unspecified atom stereocenters. The first-order chi connectivity index (χ1) is 17.1. The molecule has 194 valence electrons. The highest BCUT2D eigenvalue weighted by atomic mass is 19.1. The molecular weight excluding hydrogens is 472 g/mol. The summed E-state index contributed by atoms with van der Waals surface area (Å²) in [6, 6.07) is 9.57. The predicted octanol–water partition coefficient (Wildman–Crippen LogP) is 5.72. The van der Waals surface area contributed by atoms with Crippen molar-refractivity contribution in [1.29, 1.82) is 0 Å². The Morgan fingerprint density at radius 3 is 2.39 bits per heavy atom. The van der Waals surface area contributed by atoms with E-state index in [1.54, 1.807) is 44.2 Å². The highest BCUT2D eigenvalue weighted by Crippen LogP contribution is 2.33. The van der Waals surface area contributed by atoms with Crippen molar-refractivity contribution in [2.75, 3.05) is 25.1 Å². The molecule has 0 bridgehead atoms. The van der Waals surface area contributed by atoms with E-state index in [1.165, 1.54) is 6.08 Å². The molecule has 0 fully saturated rings. The molecule has 0 radical (unpaired) electrons. The number of rotatable bonds is 11. The number of hydrogen-bond donors (Lipinski definition) is 2. The zero-order chi connectivity index (χ0) is 26.7. The number of aliphatic hydroxyl groups excluding tert-OH is 1. The number of carbonyl (C=O) groups excluding carboxylic acids is 2. The highest BCUT2D eigenvalue weighted by Gasteiger charge is 2.26. The number of benzene rings is 2. The Hall–Kier alpha value is -3.72. The van der Waals surface area contributed by atoms with E-state index in [1.807, 2.05) is 13.8 Å². The zero-order valence-electron chi connectivity index (χ0n) is 20.7. The molecule has 0 aliphatic heterocycles. The van der Waals surface area contributed by atoms with Crippen LogP contribution in [-0.2, 0) is 14.3 Å². The van der Waals surface area contributed by atoms with Crippen molar-refractivity contribution in [1.82, 2.24) is 0 Å². The molecule has 1 amide bonds. The molecule has 2 aromatic rings. The van der Waals surface area contributed by atoms with E-state index in [2.05, 4.69) is 5.32 Å². The maximum Gasteiger partial charge on any atom is 0.412 e. The topological polar surface area (TPSA) is 94.1 Å². The molecule has 2 rings (SSSR count). The van der Waals surface area contributed by atoms with Gasteiger partial charge in [-0.2, -0.15) is 0 Å². The summed E-state index contributed by atoms with van der Waals surface area (Å²) in [6.07, 6.45) is 1.43. The monoisotopic (exact) mass is 503 g/mol. The fourth-order valence-corrected chi connectivity index (χ4v) is 3.36. The summed E-state index contributed by atoms with van der Waals surface area (Å²) in [5.74, 6) is -1.99. The van der Waals surface area contributed by atoms with E-state index in [0.717, 1.165) is 17.7 Å². The molecule has 0 aromatic heterocycles. The minimum absolute atomic E-state index is 0.132. The summed E-state index contributed by atoms with van der Waals surface area (Å²) in [5.41, 5.74) is 1.87. The van der Waals surface area contributed by atoms with Crippen LogP contribution in [0, 0.1) is 17.6 Å². The van der Waals surface area contributed by atoms with Gasteiger partial charge in [0.1, 0.15) is 30.1 Å². The minimum Gasteiger partial charge on any atom is -0.491 e. The Balaban J connectivity index is 2.30. The first-order valence-electron chi connectivity index (χ1n) is 11.4. The lowest BCUT2D eigenvalue weighted by Gasteiger charge is -2.26. The van der Waals surface area contributed by atoms with Gasteiger partial charge < -0.3 is 19.3 Å². The third-order valence-electron chi connectivity index (χ3n) is 5.23. The number of ether oxygens (including phenoxy) is 3. The Morgan fingerprint density at radius 1 is 1.08 bits per heavy atom. The quantitative estimate of drug-likeness (QED) is 0.232. The number of hydrogen-bond acceptors (Lipinski definition) is 6. The molecule has 0 saturated carbocycles. The van der Waals surface area contributed by atoms with Crippen LogP contribution in [0.1, 0.15) is 39.4 Å². The molecule has 2 atom stereocenters. The van der Waals surface area contributed by atoms with Crippen LogP contribution in [0.4, 0.5) is 19.3 Å². The Morgan fingerprint density at radius 2 is 1.78 bits per heavy atom. The van der Waals surface area contributed by atoms with Crippen LogP contribution in [0.3, 0.4) is 0 Å². The van der Waals surface area contributed by atoms with Crippen molar-refractivity contribution in [3.63, 3.8) is 0 Å². The number of anilines is 1. The molecule has 0 saturated heterocycles. The second-order valence-electron chi connectivity index (χ2n) is 8.03. The smallest absolute Gasteiger partial charge is 0.412 e. The van der Waals surface area contributed by atoms with Crippen molar-refractivity contribution < 1.29 is 37.7 Å². The summed E-state index contributed by atoms with van der Waals surface area (Å²) < 4.78 is 43.2. The zero-order valence-corrected chi connectivity index (χ0v) is 20.7. The van der Waals surface area contributed by atoms with E-state index < -0.39 is 29.8 Å². The van der Waals surface area contributed by atoms with Crippen LogP contribution in [0.15, 0.2) is 65.8 Å². The molecule has 36 heavy (non-hydrogen) atoms. The lowest BCUT2D eigenvalue weighted by molar-refractivity contribution is -0.137. The Bertz CT molecular complexity index is 1100. The predicted molar refractivity (Wildman–Crippen MR) is 132 cm³/mol. The van der Waals surface area contributed by atoms with E-state index in [-0.39, 0.29) is 31.4 Å². The normalized spacial score (nSPS) is 13.5. The first kappa shape index (κ1) is 28.5. The largest absolute Gasteiger partial charge is 0.491 e. The third-order valence-corrected chi connectivity index (χ3v) is 5.23. The minimum atomic E-state index is -0.933. The number of allylic oxidation sites excluding steroid dienone is 2.